The van der Waals surface area contributed by atoms with Crippen molar-refractivity contribution in [2.75, 3.05) is 7.05 Å². The van der Waals surface area contributed by atoms with E-state index < -0.39 is 28.3 Å². The molecule has 4 unspecified atom stereocenters. The maximum atomic E-state index is 11.1. The minimum absolute atomic E-state index is 0.495. The molecule has 1 heterocycles. The van der Waals surface area contributed by atoms with E-state index in [1.54, 1.807) is 7.05 Å². The minimum atomic E-state index is -0.691. The van der Waals surface area contributed by atoms with Gasteiger partial charge in [0.1, 0.15) is 23.4 Å². The molecule has 1 aliphatic rings. The van der Waals surface area contributed by atoms with Gasteiger partial charge in [-0.15, -0.1) is 34.8 Å². The number of carbonyl (C=O) groups excluding carboxylic acids is 1. The summed E-state index contributed by atoms with van der Waals surface area (Å²) in [5.74, 6) is -0.641. The lowest BCUT2D eigenvalue weighted by Crippen LogP contribution is -2.39. The molecule has 0 bridgehead atoms. The van der Waals surface area contributed by atoms with Gasteiger partial charge in [0, 0.05) is 0 Å². The minimum Gasteiger partial charge on any atom is -0.346 e. The monoisotopic (exact) mass is 265 g/mol. The van der Waals surface area contributed by atoms with Gasteiger partial charge in [-0.3, -0.25) is 4.90 Å². The Morgan fingerprint density at radius 1 is 1.31 bits per heavy atom. The first-order chi connectivity index (χ1) is 6.00. The van der Waals surface area contributed by atoms with E-state index in [1.165, 1.54) is 4.90 Å². The first-order valence-electron chi connectivity index (χ1n) is 3.47. The van der Waals surface area contributed by atoms with Crippen LogP contribution in [0.1, 0.15) is 0 Å². The van der Waals surface area contributed by atoms with Crippen LogP contribution in [0.5, 0.6) is 0 Å². The zero-order valence-corrected chi connectivity index (χ0v) is 9.61. The van der Waals surface area contributed by atoms with E-state index in [1.807, 2.05) is 0 Å². The summed E-state index contributed by atoms with van der Waals surface area (Å²) >= 11 is 22.5. The normalized spacial score (nSPS) is 40.7. The highest BCUT2D eigenvalue weighted by Crippen LogP contribution is 2.34. The topological polar surface area (TPSA) is 29.5 Å². The fourth-order valence-electron chi connectivity index (χ4n) is 1.27. The Hall–Kier alpha value is 0.590. The summed E-state index contributed by atoms with van der Waals surface area (Å²) in [6.07, 6.45) is 0. The zero-order valence-electron chi connectivity index (χ0n) is 6.58. The van der Waals surface area contributed by atoms with Crippen molar-refractivity contribution in [3.8, 4) is 0 Å². The Kier molecular flexibility index (Phi) is 3.95. The molecule has 0 radical (unpaired) electrons. The van der Waals surface area contributed by atoms with E-state index in [-0.39, 0.29) is 0 Å². The molecule has 0 amide bonds. The Labute approximate surface area is 96.0 Å². The van der Waals surface area contributed by atoms with Crippen LogP contribution < -0.4 is 0 Å². The lowest BCUT2D eigenvalue weighted by molar-refractivity contribution is -0.138. The number of hydrogen-bond donors (Lipinski definition) is 0. The lowest BCUT2D eigenvalue weighted by Gasteiger charge is -2.19. The molecule has 0 aromatic heterocycles. The summed E-state index contributed by atoms with van der Waals surface area (Å²) in [5, 5.41) is -1.10. The van der Waals surface area contributed by atoms with Crippen molar-refractivity contribution in [2.24, 2.45) is 0 Å². The third kappa shape index (κ3) is 2.00. The molecule has 1 fully saturated rings. The van der Waals surface area contributed by atoms with Gasteiger partial charge in [0.25, 0.3) is 0 Å². The van der Waals surface area contributed by atoms with Gasteiger partial charge in [0.05, 0.1) is 10.8 Å². The number of carbonyl (C=O) groups is 1. The summed E-state index contributed by atoms with van der Waals surface area (Å²) in [5.41, 5.74) is -0.495. The van der Waals surface area contributed by atoms with Crippen LogP contribution in [0.3, 0.4) is 0 Å². The van der Waals surface area contributed by atoms with Crippen LogP contribution in [-0.2, 0) is 9.08 Å². The summed E-state index contributed by atoms with van der Waals surface area (Å²) in [4.78, 5) is 12.7. The van der Waals surface area contributed by atoms with Gasteiger partial charge in [-0.2, -0.15) is 0 Å². The number of halogens is 4. The van der Waals surface area contributed by atoms with Gasteiger partial charge in [0.2, 0.25) is 0 Å². The maximum Gasteiger partial charge on any atom is 0.343 e. The predicted octanol–water partition coefficient (Wildman–Crippen LogP) is 1.78. The number of hydrogen-bond acceptors (Lipinski definition) is 3. The van der Waals surface area contributed by atoms with Gasteiger partial charge in [-0.25, -0.2) is 4.79 Å². The molecule has 7 heteroatoms. The van der Waals surface area contributed by atoms with Crippen LogP contribution in [0.4, 0.5) is 0 Å². The van der Waals surface area contributed by atoms with Crippen LogP contribution >= 0.6 is 46.7 Å². The largest absolute Gasteiger partial charge is 0.346 e. The van der Waals surface area contributed by atoms with Crippen molar-refractivity contribution in [1.82, 2.24) is 4.90 Å². The number of alkyl halides is 3. The van der Waals surface area contributed by atoms with E-state index >= 15 is 0 Å². The highest BCUT2D eigenvalue weighted by molar-refractivity contribution is 6.37. The lowest BCUT2D eigenvalue weighted by atomic mass is 10.2. The molecule has 13 heavy (non-hydrogen) atoms. The fourth-order valence-corrected chi connectivity index (χ4v) is 2.45. The summed E-state index contributed by atoms with van der Waals surface area (Å²) < 4.78 is 4.06. The average molecular weight is 267 g/mol. The maximum absolute atomic E-state index is 11.1. The predicted molar refractivity (Wildman–Crippen MR) is 52.4 cm³/mol. The average Bonchev–Trinajstić information content (AvgIpc) is 2.30. The summed E-state index contributed by atoms with van der Waals surface area (Å²) in [6, 6.07) is -0.691. The Morgan fingerprint density at radius 3 is 2.15 bits per heavy atom. The molecule has 0 saturated carbocycles. The fraction of sp³-hybridized carbons (Fsp3) is 0.833. The third-order valence-corrected chi connectivity index (χ3v) is 4.02. The van der Waals surface area contributed by atoms with Crippen LogP contribution in [-0.4, -0.2) is 40.2 Å². The van der Waals surface area contributed by atoms with Gasteiger partial charge < -0.3 is 4.29 Å². The number of nitrogens with zero attached hydrogens (tertiary/aromatic N) is 1. The van der Waals surface area contributed by atoms with E-state index in [2.05, 4.69) is 4.29 Å². The number of rotatable bonds is 1. The zero-order chi connectivity index (χ0) is 10.2. The molecular formula is C6H7Cl4NO2. The van der Waals surface area contributed by atoms with Crippen LogP contribution in [0.15, 0.2) is 0 Å². The van der Waals surface area contributed by atoms with Crippen LogP contribution in [0.25, 0.3) is 0 Å². The van der Waals surface area contributed by atoms with Crippen molar-refractivity contribution in [1.29, 1.82) is 0 Å². The third-order valence-electron chi connectivity index (χ3n) is 2.01. The van der Waals surface area contributed by atoms with Crippen LogP contribution in [0, 0.1) is 0 Å². The molecule has 0 spiro atoms. The second-order valence-electron chi connectivity index (χ2n) is 2.77. The van der Waals surface area contributed by atoms with E-state index in [0.717, 1.165) is 0 Å². The Bertz CT molecular complexity index is 201. The molecule has 76 valence electrons. The van der Waals surface area contributed by atoms with Crippen molar-refractivity contribution < 1.29 is 9.08 Å². The Balaban J connectivity index is 2.81. The molecule has 0 aliphatic carbocycles. The SMILES string of the molecule is CN1C(Cl)C(Cl)C(Cl)C1C(=O)OCl. The smallest absolute Gasteiger partial charge is 0.343 e. The van der Waals surface area contributed by atoms with Gasteiger partial charge in [-0.05, 0) is 7.05 Å². The number of likely N-dealkylation sites (tertiary alicyclic amines) is 1. The first kappa shape index (κ1) is 11.7. The van der Waals surface area contributed by atoms with E-state index in [0.29, 0.717) is 0 Å². The molecule has 0 aromatic rings. The standard InChI is InChI=1S/C6H7Cl4NO2/c1-11-4(6(12)13-10)2(7)3(8)5(11)9/h2-5H,1H3. The summed E-state index contributed by atoms with van der Waals surface area (Å²) in [7, 11) is 1.63. The van der Waals surface area contributed by atoms with E-state index in [9.17, 15) is 4.79 Å². The summed E-state index contributed by atoms with van der Waals surface area (Å²) in [6.45, 7) is 0. The molecular weight excluding hydrogens is 260 g/mol. The molecule has 0 N–H and O–H groups in total. The molecule has 1 saturated heterocycles. The highest BCUT2D eigenvalue weighted by Gasteiger charge is 2.49. The Morgan fingerprint density at radius 2 is 1.85 bits per heavy atom. The number of likely N-dealkylation sites (N-methyl/N-ethyl adjacent to an activating group) is 1. The second-order valence-corrected chi connectivity index (χ2v) is 4.38. The second kappa shape index (κ2) is 4.41. The molecule has 1 rings (SSSR count). The van der Waals surface area contributed by atoms with Gasteiger partial charge in [0.15, 0.2) is 0 Å². The van der Waals surface area contributed by atoms with Crippen molar-refractivity contribution >= 4 is 52.6 Å². The van der Waals surface area contributed by atoms with E-state index in [4.69, 9.17) is 46.7 Å². The highest BCUT2D eigenvalue weighted by atomic mass is 35.5. The van der Waals surface area contributed by atoms with Crippen molar-refractivity contribution in [2.45, 2.75) is 22.3 Å². The molecule has 1 aliphatic heterocycles. The van der Waals surface area contributed by atoms with Crippen molar-refractivity contribution in [3.63, 3.8) is 0 Å². The quantitative estimate of drug-likeness (QED) is 0.535. The molecule has 0 aromatic carbocycles. The van der Waals surface area contributed by atoms with Crippen molar-refractivity contribution in [3.05, 3.63) is 0 Å². The van der Waals surface area contributed by atoms with Crippen LogP contribution in [0.2, 0.25) is 0 Å². The van der Waals surface area contributed by atoms with Gasteiger partial charge >= 0.3 is 5.97 Å². The van der Waals surface area contributed by atoms with Gasteiger partial charge in [-0.1, -0.05) is 0 Å². The first-order valence-corrected chi connectivity index (χ1v) is 5.09. The molecule has 3 nitrogen and oxygen atoms in total. The molecule has 4 atom stereocenters.